The second-order valence-electron chi connectivity index (χ2n) is 6.09. The fourth-order valence-electron chi connectivity index (χ4n) is 1.90. The Morgan fingerprint density at radius 3 is 2.05 bits per heavy atom. The van der Waals surface area contributed by atoms with E-state index in [2.05, 4.69) is 32.6 Å². The number of anilines is 2. The van der Waals surface area contributed by atoms with Crippen molar-refractivity contribution in [3.8, 4) is 0 Å². The molecule has 1 heterocycles. The molecule has 0 saturated heterocycles. The van der Waals surface area contributed by atoms with Gasteiger partial charge in [-0.05, 0) is 30.7 Å². The molecule has 114 valence electrons. The van der Waals surface area contributed by atoms with Crippen molar-refractivity contribution in [2.24, 2.45) is 17.6 Å². The van der Waals surface area contributed by atoms with Crippen LogP contribution in [0.4, 0.5) is 10.7 Å². The summed E-state index contributed by atoms with van der Waals surface area (Å²) in [6, 6.07) is 1.88. The van der Waals surface area contributed by atoms with Crippen LogP contribution in [-0.4, -0.2) is 19.0 Å². The molecule has 0 bridgehead atoms. The van der Waals surface area contributed by atoms with Crippen LogP contribution in [0.2, 0.25) is 0 Å². The van der Waals surface area contributed by atoms with Crippen molar-refractivity contribution in [1.29, 1.82) is 0 Å². The van der Waals surface area contributed by atoms with Crippen LogP contribution in [0, 0.1) is 11.8 Å². The molecule has 4 N–H and O–H groups in total. The van der Waals surface area contributed by atoms with Crippen LogP contribution in [0.3, 0.4) is 0 Å². The maximum Gasteiger partial charge on any atom is 0.260 e. The summed E-state index contributed by atoms with van der Waals surface area (Å²) in [5, 5.41) is 1.05. The number of rotatable bonds is 8. The summed E-state index contributed by atoms with van der Waals surface area (Å²) < 4.78 is 0. The van der Waals surface area contributed by atoms with E-state index in [-0.39, 0.29) is 0 Å². The van der Waals surface area contributed by atoms with E-state index in [4.69, 9.17) is 11.5 Å². The van der Waals surface area contributed by atoms with Crippen LogP contribution in [-0.2, 0) is 0 Å². The van der Waals surface area contributed by atoms with E-state index in [1.165, 1.54) is 11.3 Å². The van der Waals surface area contributed by atoms with Gasteiger partial charge in [-0.15, -0.1) is 11.3 Å². The topological polar surface area (TPSA) is 72.3 Å². The van der Waals surface area contributed by atoms with E-state index in [1.54, 1.807) is 0 Å². The van der Waals surface area contributed by atoms with Crippen molar-refractivity contribution in [1.82, 2.24) is 0 Å². The smallest absolute Gasteiger partial charge is 0.260 e. The maximum atomic E-state index is 11.3. The van der Waals surface area contributed by atoms with Crippen LogP contribution in [0.5, 0.6) is 0 Å². The van der Waals surface area contributed by atoms with Gasteiger partial charge in [-0.2, -0.15) is 0 Å². The average molecular weight is 297 g/mol. The molecule has 0 aromatic carbocycles. The molecule has 5 heteroatoms. The molecule has 0 spiro atoms. The molecular weight excluding hydrogens is 270 g/mol. The highest BCUT2D eigenvalue weighted by molar-refractivity contribution is 7.18. The third kappa shape index (κ3) is 5.04. The van der Waals surface area contributed by atoms with Crippen LogP contribution in [0.25, 0.3) is 0 Å². The zero-order valence-corrected chi connectivity index (χ0v) is 13.8. The van der Waals surface area contributed by atoms with E-state index in [0.717, 1.165) is 30.9 Å². The van der Waals surface area contributed by atoms with Crippen molar-refractivity contribution in [3.05, 3.63) is 10.9 Å². The van der Waals surface area contributed by atoms with Gasteiger partial charge >= 0.3 is 0 Å². The molecule has 0 unspecified atom stereocenters. The number of carbonyl (C=O) groups is 1. The van der Waals surface area contributed by atoms with E-state index in [1.807, 2.05) is 6.07 Å². The van der Waals surface area contributed by atoms with Gasteiger partial charge in [0.05, 0.1) is 10.7 Å². The van der Waals surface area contributed by atoms with E-state index in [9.17, 15) is 4.79 Å². The van der Waals surface area contributed by atoms with Gasteiger partial charge in [0.15, 0.2) is 0 Å². The minimum Gasteiger partial charge on any atom is -0.397 e. The van der Waals surface area contributed by atoms with Crippen molar-refractivity contribution >= 4 is 27.9 Å². The van der Waals surface area contributed by atoms with Gasteiger partial charge in [-0.3, -0.25) is 4.79 Å². The zero-order valence-electron chi connectivity index (χ0n) is 13.0. The predicted molar refractivity (Wildman–Crippen MR) is 88.4 cm³/mol. The first-order valence-electron chi connectivity index (χ1n) is 7.25. The van der Waals surface area contributed by atoms with Gasteiger partial charge in [-0.1, -0.05) is 27.7 Å². The summed E-state index contributed by atoms with van der Waals surface area (Å²) in [6.07, 6.45) is 2.25. The lowest BCUT2D eigenvalue weighted by Crippen LogP contribution is -2.26. The molecule has 0 aliphatic carbocycles. The monoisotopic (exact) mass is 297 g/mol. The number of hydrogen-bond acceptors (Lipinski definition) is 4. The SMILES string of the molecule is CC(C)CCN(CCC(C)C)c1cc(N)c(C(N)=O)s1. The zero-order chi connectivity index (χ0) is 15.3. The Morgan fingerprint density at radius 2 is 1.70 bits per heavy atom. The highest BCUT2D eigenvalue weighted by Crippen LogP contribution is 2.32. The van der Waals surface area contributed by atoms with Crippen molar-refractivity contribution < 1.29 is 4.79 Å². The Labute approximate surface area is 126 Å². The summed E-state index contributed by atoms with van der Waals surface area (Å²) >= 11 is 1.41. The number of hydrogen-bond donors (Lipinski definition) is 2. The Bertz CT molecular complexity index is 428. The Morgan fingerprint density at radius 1 is 1.20 bits per heavy atom. The lowest BCUT2D eigenvalue weighted by Gasteiger charge is -2.24. The number of thiophene rings is 1. The normalized spacial score (nSPS) is 11.3. The molecule has 4 nitrogen and oxygen atoms in total. The lowest BCUT2D eigenvalue weighted by atomic mass is 10.1. The molecule has 0 aliphatic rings. The average Bonchev–Trinajstić information content (AvgIpc) is 2.70. The summed E-state index contributed by atoms with van der Waals surface area (Å²) in [7, 11) is 0. The van der Waals surface area contributed by atoms with Gasteiger partial charge in [0.2, 0.25) is 0 Å². The fourth-order valence-corrected chi connectivity index (χ4v) is 2.88. The Kier molecular flexibility index (Phi) is 6.33. The second-order valence-corrected chi connectivity index (χ2v) is 7.12. The molecule has 1 aromatic heterocycles. The van der Waals surface area contributed by atoms with E-state index < -0.39 is 5.91 Å². The molecule has 0 aliphatic heterocycles. The number of carbonyl (C=O) groups excluding carboxylic acids is 1. The highest BCUT2D eigenvalue weighted by Gasteiger charge is 2.16. The summed E-state index contributed by atoms with van der Waals surface area (Å²) in [5.74, 6) is 0.875. The van der Waals surface area contributed by atoms with Crippen LogP contribution in [0.1, 0.15) is 50.2 Å². The first-order valence-corrected chi connectivity index (χ1v) is 8.07. The minimum absolute atomic E-state index is 0.439. The Balaban J connectivity index is 2.85. The standard InChI is InChI=1S/C15H27N3OS/c1-10(2)5-7-18(8-6-11(3)4)13-9-12(16)14(20-13)15(17)19/h9-11H,5-8,16H2,1-4H3,(H2,17,19). The summed E-state index contributed by atoms with van der Waals surface area (Å²) in [6.45, 7) is 10.9. The molecule has 0 saturated carbocycles. The van der Waals surface area contributed by atoms with Crippen LogP contribution < -0.4 is 16.4 Å². The fraction of sp³-hybridized carbons (Fsp3) is 0.667. The van der Waals surface area contributed by atoms with Crippen LogP contribution >= 0.6 is 11.3 Å². The van der Waals surface area contributed by atoms with Crippen molar-refractivity contribution in [3.63, 3.8) is 0 Å². The van der Waals surface area contributed by atoms with Crippen molar-refractivity contribution in [2.45, 2.75) is 40.5 Å². The Hall–Kier alpha value is -1.23. The van der Waals surface area contributed by atoms with E-state index in [0.29, 0.717) is 22.4 Å². The van der Waals surface area contributed by atoms with Gasteiger partial charge in [0, 0.05) is 13.1 Å². The van der Waals surface area contributed by atoms with Crippen molar-refractivity contribution in [2.75, 3.05) is 23.7 Å². The molecule has 1 aromatic rings. The van der Waals surface area contributed by atoms with Gasteiger partial charge in [-0.25, -0.2) is 0 Å². The predicted octanol–water partition coefficient (Wildman–Crippen LogP) is 3.33. The second kappa shape index (κ2) is 7.53. The molecular formula is C15H27N3OS. The first kappa shape index (κ1) is 16.8. The number of nitrogens with zero attached hydrogens (tertiary/aromatic N) is 1. The molecule has 1 amide bonds. The van der Waals surface area contributed by atoms with E-state index >= 15 is 0 Å². The largest absolute Gasteiger partial charge is 0.397 e. The number of amides is 1. The third-order valence-electron chi connectivity index (χ3n) is 3.24. The van der Waals surface area contributed by atoms with Gasteiger partial charge in [0.25, 0.3) is 5.91 Å². The summed E-state index contributed by atoms with van der Waals surface area (Å²) in [5.41, 5.74) is 11.7. The van der Waals surface area contributed by atoms with Gasteiger partial charge < -0.3 is 16.4 Å². The summed E-state index contributed by atoms with van der Waals surface area (Å²) in [4.78, 5) is 14.1. The molecule has 0 radical (unpaired) electrons. The maximum absolute atomic E-state index is 11.3. The molecule has 20 heavy (non-hydrogen) atoms. The van der Waals surface area contributed by atoms with Gasteiger partial charge in [0.1, 0.15) is 4.88 Å². The van der Waals surface area contributed by atoms with Crippen LogP contribution in [0.15, 0.2) is 6.07 Å². The minimum atomic E-state index is -0.439. The quantitative estimate of drug-likeness (QED) is 0.773. The highest BCUT2D eigenvalue weighted by atomic mass is 32.1. The molecule has 1 rings (SSSR count). The number of nitrogens with two attached hydrogens (primary N) is 2. The first-order chi connectivity index (χ1) is 9.31. The molecule has 0 atom stereocenters. The third-order valence-corrected chi connectivity index (χ3v) is 4.46. The number of primary amides is 1. The molecule has 0 fully saturated rings. The number of nitrogen functional groups attached to an aromatic ring is 1. The lowest BCUT2D eigenvalue weighted by molar-refractivity contribution is 0.100.